The van der Waals surface area contributed by atoms with E-state index in [-0.39, 0.29) is 12.7 Å². The Morgan fingerprint density at radius 3 is 2.72 bits per heavy atom. The van der Waals surface area contributed by atoms with Gasteiger partial charge in [-0.05, 0) is 72.2 Å². The molecular formula is C23H18N2O3S. The van der Waals surface area contributed by atoms with E-state index in [1.54, 1.807) is 0 Å². The third-order valence-electron chi connectivity index (χ3n) is 5.66. The van der Waals surface area contributed by atoms with Gasteiger partial charge >= 0.3 is 0 Å². The smallest absolute Gasteiger partial charge is 0.235 e. The van der Waals surface area contributed by atoms with Gasteiger partial charge in [-0.2, -0.15) is 5.26 Å². The lowest BCUT2D eigenvalue weighted by atomic mass is 9.94. The van der Waals surface area contributed by atoms with Gasteiger partial charge in [-0.3, -0.25) is 4.79 Å². The maximum absolute atomic E-state index is 13.2. The molecule has 1 aliphatic heterocycles. The molecule has 0 radical (unpaired) electrons. The molecule has 0 saturated heterocycles. The number of carbonyl (C=O) groups is 1. The molecule has 2 aromatic carbocycles. The summed E-state index contributed by atoms with van der Waals surface area (Å²) in [4.78, 5) is 13.8. The summed E-state index contributed by atoms with van der Waals surface area (Å²) >= 11 is 1.42. The molecule has 6 heteroatoms. The number of anilines is 1. The molecule has 5 rings (SSSR count). The molecule has 0 unspecified atom stereocenters. The average molecular weight is 402 g/mol. The highest BCUT2D eigenvalue weighted by Gasteiger charge is 2.51. The number of ether oxygens (including phenoxy) is 2. The van der Waals surface area contributed by atoms with Gasteiger partial charge in [0.15, 0.2) is 11.5 Å². The number of hydrogen-bond donors (Lipinski definition) is 1. The van der Waals surface area contributed by atoms with Gasteiger partial charge in [0.25, 0.3) is 0 Å². The fourth-order valence-electron chi connectivity index (χ4n) is 3.81. The second kappa shape index (κ2) is 6.64. The highest BCUT2D eigenvalue weighted by molar-refractivity contribution is 7.11. The van der Waals surface area contributed by atoms with Crippen molar-refractivity contribution in [2.24, 2.45) is 0 Å². The average Bonchev–Trinajstić information content (AvgIpc) is 3.19. The number of thiophene rings is 1. The lowest BCUT2D eigenvalue weighted by molar-refractivity contribution is -0.118. The van der Waals surface area contributed by atoms with Crippen LogP contribution in [-0.2, 0) is 10.2 Å². The van der Waals surface area contributed by atoms with Crippen LogP contribution in [0.3, 0.4) is 0 Å². The maximum Gasteiger partial charge on any atom is 0.235 e. The van der Waals surface area contributed by atoms with Crippen LogP contribution in [0.1, 0.15) is 28.8 Å². The van der Waals surface area contributed by atoms with Gasteiger partial charge in [-0.25, -0.2) is 0 Å². The molecule has 1 aliphatic carbocycles. The third-order valence-corrected chi connectivity index (χ3v) is 6.48. The number of nitriles is 1. The van der Waals surface area contributed by atoms with Crippen molar-refractivity contribution in [1.82, 2.24) is 0 Å². The Morgan fingerprint density at radius 2 is 1.93 bits per heavy atom. The zero-order valence-corrected chi connectivity index (χ0v) is 16.6. The van der Waals surface area contributed by atoms with Crippen LogP contribution >= 0.6 is 11.3 Å². The normalized spacial score (nSPS) is 15.6. The quantitative estimate of drug-likeness (QED) is 0.667. The minimum atomic E-state index is -0.522. The topological polar surface area (TPSA) is 71.3 Å². The molecular weight excluding hydrogens is 384 g/mol. The van der Waals surface area contributed by atoms with Gasteiger partial charge in [-0.1, -0.05) is 12.1 Å². The number of nitrogens with one attached hydrogen (secondary N) is 1. The first-order valence-electron chi connectivity index (χ1n) is 9.41. The van der Waals surface area contributed by atoms with Crippen molar-refractivity contribution < 1.29 is 14.3 Å². The van der Waals surface area contributed by atoms with Crippen molar-refractivity contribution in [1.29, 1.82) is 5.26 Å². The van der Waals surface area contributed by atoms with Crippen LogP contribution in [0.15, 0.2) is 47.8 Å². The van der Waals surface area contributed by atoms with Gasteiger partial charge in [0, 0.05) is 11.3 Å². The van der Waals surface area contributed by atoms with Crippen molar-refractivity contribution >= 4 is 22.9 Å². The molecule has 144 valence electrons. The summed E-state index contributed by atoms with van der Waals surface area (Å²) in [5.74, 6) is 1.40. The summed E-state index contributed by atoms with van der Waals surface area (Å²) < 4.78 is 10.8. The molecule has 2 heterocycles. The molecule has 0 atom stereocenters. The Hall–Kier alpha value is -3.30. The van der Waals surface area contributed by atoms with Gasteiger partial charge in [0.2, 0.25) is 12.7 Å². The number of hydrogen-bond acceptors (Lipinski definition) is 5. The van der Waals surface area contributed by atoms with Crippen LogP contribution in [0.5, 0.6) is 11.5 Å². The SMILES string of the molecule is Cc1ccc(NC(=O)C2(c3ccc4c(c3)OCO4)CC2)cc1-c1ccsc1C#N. The summed E-state index contributed by atoms with van der Waals surface area (Å²) in [6, 6.07) is 15.8. The minimum absolute atomic E-state index is 0.0167. The van der Waals surface area contributed by atoms with E-state index in [0.717, 1.165) is 46.5 Å². The van der Waals surface area contributed by atoms with E-state index in [9.17, 15) is 10.1 Å². The highest BCUT2D eigenvalue weighted by Crippen LogP contribution is 2.51. The Labute approximate surface area is 172 Å². The van der Waals surface area contributed by atoms with Crippen LogP contribution < -0.4 is 14.8 Å². The van der Waals surface area contributed by atoms with Crippen molar-refractivity contribution in [2.45, 2.75) is 25.2 Å². The number of benzene rings is 2. The Morgan fingerprint density at radius 1 is 1.10 bits per heavy atom. The largest absolute Gasteiger partial charge is 0.454 e. The van der Waals surface area contributed by atoms with Gasteiger partial charge < -0.3 is 14.8 Å². The van der Waals surface area contributed by atoms with Crippen LogP contribution in [0.25, 0.3) is 11.1 Å². The molecule has 29 heavy (non-hydrogen) atoms. The molecule has 1 N–H and O–H groups in total. The molecule has 3 aromatic rings. The first kappa shape index (κ1) is 17.8. The molecule has 0 spiro atoms. The number of aryl methyl sites for hydroxylation is 1. The van der Waals surface area contributed by atoms with E-state index in [2.05, 4.69) is 11.4 Å². The van der Waals surface area contributed by atoms with Crippen molar-refractivity contribution in [2.75, 3.05) is 12.1 Å². The van der Waals surface area contributed by atoms with E-state index in [4.69, 9.17) is 9.47 Å². The summed E-state index contributed by atoms with van der Waals surface area (Å²) in [5.41, 5.74) is 4.10. The molecule has 0 bridgehead atoms. The van der Waals surface area contributed by atoms with Gasteiger partial charge in [0.05, 0.1) is 5.41 Å². The van der Waals surface area contributed by atoms with Crippen LogP contribution in [0.4, 0.5) is 5.69 Å². The fraction of sp³-hybridized carbons (Fsp3) is 0.217. The number of nitrogens with zero attached hydrogens (tertiary/aromatic N) is 1. The van der Waals surface area contributed by atoms with Crippen LogP contribution in [-0.4, -0.2) is 12.7 Å². The monoisotopic (exact) mass is 402 g/mol. The predicted octanol–water partition coefficient (Wildman–Crippen LogP) is 4.99. The van der Waals surface area contributed by atoms with E-state index in [1.807, 2.05) is 54.8 Å². The first-order valence-corrected chi connectivity index (χ1v) is 10.3. The molecule has 1 fully saturated rings. The first-order chi connectivity index (χ1) is 14.1. The highest BCUT2D eigenvalue weighted by atomic mass is 32.1. The van der Waals surface area contributed by atoms with Gasteiger partial charge in [-0.15, -0.1) is 11.3 Å². The number of amides is 1. The van der Waals surface area contributed by atoms with Crippen molar-refractivity contribution in [3.8, 4) is 28.7 Å². The standard InChI is InChI=1S/C23H18N2O3S/c1-14-2-4-16(11-18(14)17-6-9-29-21(17)12-24)25-22(26)23(7-8-23)15-3-5-19-20(10-15)28-13-27-19/h2-6,9-11H,7-8,13H2,1H3,(H,25,26). The zero-order chi connectivity index (χ0) is 20.0. The Balaban J connectivity index is 1.43. The Bertz CT molecular complexity index is 1170. The maximum atomic E-state index is 13.2. The van der Waals surface area contributed by atoms with E-state index < -0.39 is 5.41 Å². The summed E-state index contributed by atoms with van der Waals surface area (Å²) in [6.07, 6.45) is 1.61. The van der Waals surface area contributed by atoms with Gasteiger partial charge in [0.1, 0.15) is 10.9 Å². The summed E-state index contributed by atoms with van der Waals surface area (Å²) in [6.45, 7) is 2.23. The number of fused-ring (bicyclic) bond motifs is 1. The molecule has 1 saturated carbocycles. The summed E-state index contributed by atoms with van der Waals surface area (Å²) in [5, 5.41) is 14.4. The third kappa shape index (κ3) is 2.95. The summed E-state index contributed by atoms with van der Waals surface area (Å²) in [7, 11) is 0. The number of rotatable bonds is 4. The molecule has 5 nitrogen and oxygen atoms in total. The van der Waals surface area contributed by atoms with Crippen LogP contribution in [0, 0.1) is 18.3 Å². The van der Waals surface area contributed by atoms with Crippen molar-refractivity contribution in [3.63, 3.8) is 0 Å². The molecule has 2 aliphatic rings. The lowest BCUT2D eigenvalue weighted by Gasteiger charge is -2.17. The zero-order valence-electron chi connectivity index (χ0n) is 15.8. The van der Waals surface area contributed by atoms with E-state index in [1.165, 1.54) is 11.3 Å². The Kier molecular flexibility index (Phi) is 4.07. The molecule has 1 aromatic heterocycles. The lowest BCUT2D eigenvalue weighted by Crippen LogP contribution is -2.27. The van der Waals surface area contributed by atoms with Crippen molar-refractivity contribution in [3.05, 3.63) is 63.8 Å². The second-order valence-corrected chi connectivity index (χ2v) is 8.33. The van der Waals surface area contributed by atoms with E-state index >= 15 is 0 Å². The van der Waals surface area contributed by atoms with E-state index in [0.29, 0.717) is 10.6 Å². The number of carbonyl (C=O) groups excluding carboxylic acids is 1. The minimum Gasteiger partial charge on any atom is -0.454 e. The molecule has 1 amide bonds. The fourth-order valence-corrected chi connectivity index (χ4v) is 4.51. The predicted molar refractivity (Wildman–Crippen MR) is 111 cm³/mol. The second-order valence-electron chi connectivity index (χ2n) is 7.41. The van der Waals surface area contributed by atoms with Crippen LogP contribution in [0.2, 0.25) is 0 Å².